The van der Waals surface area contributed by atoms with E-state index in [0.717, 1.165) is 68.9 Å². The average molecular weight is 594 g/mol. The van der Waals surface area contributed by atoms with Crippen molar-refractivity contribution in [2.45, 2.75) is 31.7 Å². The highest BCUT2D eigenvalue weighted by atomic mass is 16.3. The molecular weight excluding hydrogens is 550 g/mol. The number of para-hydroxylation sites is 1. The zero-order valence-electron chi connectivity index (χ0n) is 25.6. The number of nitrogens with zero attached hydrogens (tertiary/aromatic N) is 3. The Labute approximate surface area is 260 Å². The molecule has 1 unspecified atom stereocenters. The first-order valence-electron chi connectivity index (χ1n) is 15.3. The van der Waals surface area contributed by atoms with Gasteiger partial charge in [-0.1, -0.05) is 36.4 Å². The van der Waals surface area contributed by atoms with Gasteiger partial charge in [0.2, 0.25) is 5.91 Å². The maximum Gasteiger partial charge on any atom is 0.227 e. The molecule has 3 aromatic carbocycles. The number of likely N-dealkylation sites (N-methyl/N-ethyl adjacent to an activating group) is 1. The molecule has 1 amide bonds. The van der Waals surface area contributed by atoms with Crippen molar-refractivity contribution < 1.29 is 9.90 Å². The van der Waals surface area contributed by atoms with Gasteiger partial charge < -0.3 is 31.4 Å². The largest absolute Gasteiger partial charge is 0.507 e. The van der Waals surface area contributed by atoms with Gasteiger partial charge in [-0.3, -0.25) is 15.1 Å². The van der Waals surface area contributed by atoms with Crippen LogP contribution in [-0.4, -0.2) is 79.8 Å². The Morgan fingerprint density at radius 3 is 2.02 bits per heavy atom. The Balaban J connectivity index is 1.13. The Morgan fingerprint density at radius 1 is 0.886 bits per heavy atom. The fourth-order valence-electron chi connectivity index (χ4n) is 6.27. The second-order valence-corrected chi connectivity index (χ2v) is 11.6. The number of anilines is 2. The fourth-order valence-corrected chi connectivity index (χ4v) is 6.27. The van der Waals surface area contributed by atoms with Gasteiger partial charge in [0, 0.05) is 74.9 Å². The quantitative estimate of drug-likeness (QED) is 0.184. The van der Waals surface area contributed by atoms with Crippen molar-refractivity contribution in [2.75, 3.05) is 56.1 Å². The number of piperazine rings is 1. The van der Waals surface area contributed by atoms with Gasteiger partial charge in [-0.15, -0.1) is 0 Å². The Hall–Kier alpha value is -4.63. The molecule has 1 atom stereocenters. The van der Waals surface area contributed by atoms with Gasteiger partial charge in [0.05, 0.1) is 11.6 Å². The molecule has 0 radical (unpaired) electrons. The number of aromatic hydroxyl groups is 1. The predicted octanol–water partition coefficient (Wildman–Crippen LogP) is 4.42. The molecule has 0 aromatic heterocycles. The molecule has 0 spiro atoms. The predicted molar refractivity (Wildman–Crippen MR) is 179 cm³/mol. The topological polar surface area (TPSA) is 133 Å². The van der Waals surface area contributed by atoms with Crippen LogP contribution in [0.5, 0.6) is 5.75 Å². The van der Waals surface area contributed by atoms with E-state index in [1.807, 2.05) is 19.1 Å². The summed E-state index contributed by atoms with van der Waals surface area (Å²) in [4.78, 5) is 19.5. The molecule has 3 aromatic rings. The first-order chi connectivity index (χ1) is 21.2. The molecule has 6 N–H and O–H groups in total. The number of phenols is 1. The summed E-state index contributed by atoms with van der Waals surface area (Å²) >= 11 is 0. The number of hydrogen-bond donors (Lipinski definition) is 5. The van der Waals surface area contributed by atoms with E-state index in [4.69, 9.17) is 16.6 Å². The van der Waals surface area contributed by atoms with E-state index < -0.39 is 0 Å². The van der Waals surface area contributed by atoms with Crippen LogP contribution in [-0.2, 0) is 4.79 Å². The summed E-state index contributed by atoms with van der Waals surface area (Å²) in [5.41, 5.74) is 11.0. The second-order valence-electron chi connectivity index (χ2n) is 11.6. The van der Waals surface area contributed by atoms with E-state index in [0.29, 0.717) is 17.2 Å². The van der Waals surface area contributed by atoms with Gasteiger partial charge in [0.1, 0.15) is 11.6 Å². The standard InChI is InChI=1S/C35H43N7O2/c1-24(35(44)39-2)25-7-11-28(12-8-25)41-19-21-42(22-20-41)29-15-17-40(18-16-29)27-13-9-26(10-14-27)31(34(37)38)23-32(36)30-5-3-4-6-33(30)43/h3-14,23-24,29,36,43H,15-22H2,1-2H3,(H3,37,38)(H,39,44)/b31-23-,36-32?. The molecule has 2 saturated heterocycles. The molecule has 0 saturated carbocycles. The molecule has 2 aliphatic heterocycles. The van der Waals surface area contributed by atoms with Gasteiger partial charge in [-0.05, 0) is 73.4 Å². The summed E-state index contributed by atoms with van der Waals surface area (Å²) in [6.45, 7) is 8.01. The summed E-state index contributed by atoms with van der Waals surface area (Å²) in [5, 5.41) is 29.4. The SMILES string of the molecule is CNC(=O)C(C)c1ccc(N2CCN(C3CCN(c4ccc(/C(=C/C(=N)c5ccccc5O)C(=N)N)cc4)CC3)CC2)cc1. The van der Waals surface area contributed by atoms with Crippen molar-refractivity contribution in [1.29, 1.82) is 10.8 Å². The van der Waals surface area contributed by atoms with Crippen LogP contribution in [0, 0.1) is 10.8 Å². The molecule has 5 rings (SSSR count). The van der Waals surface area contributed by atoms with E-state index >= 15 is 0 Å². The van der Waals surface area contributed by atoms with Crippen molar-refractivity contribution in [3.8, 4) is 5.75 Å². The normalized spacial score (nSPS) is 17.3. The zero-order valence-corrected chi connectivity index (χ0v) is 25.6. The second kappa shape index (κ2) is 13.8. The maximum atomic E-state index is 12.0. The number of nitrogens with two attached hydrogens (primary N) is 1. The smallest absolute Gasteiger partial charge is 0.227 e. The average Bonchev–Trinajstić information content (AvgIpc) is 3.07. The van der Waals surface area contributed by atoms with Crippen LogP contribution >= 0.6 is 0 Å². The van der Waals surface area contributed by atoms with Crippen LogP contribution < -0.4 is 20.9 Å². The van der Waals surface area contributed by atoms with Crippen LogP contribution in [0.3, 0.4) is 0 Å². The van der Waals surface area contributed by atoms with Gasteiger partial charge in [-0.2, -0.15) is 0 Å². The third-order valence-electron chi connectivity index (χ3n) is 9.01. The number of benzene rings is 3. The maximum absolute atomic E-state index is 12.0. The number of allylic oxidation sites excluding steroid dienone is 1. The molecule has 9 heteroatoms. The van der Waals surface area contributed by atoms with Crippen molar-refractivity contribution in [3.63, 3.8) is 0 Å². The lowest BCUT2D eigenvalue weighted by atomic mass is 9.98. The van der Waals surface area contributed by atoms with Crippen LogP contribution in [0.1, 0.15) is 42.4 Å². The highest BCUT2D eigenvalue weighted by Crippen LogP contribution is 2.28. The third kappa shape index (κ3) is 6.94. The number of carbonyl (C=O) groups excluding carboxylic acids is 1. The van der Waals surface area contributed by atoms with Gasteiger partial charge in [0.25, 0.3) is 0 Å². The molecule has 2 fully saturated rings. The number of nitrogens with one attached hydrogen (secondary N) is 3. The van der Waals surface area contributed by atoms with Gasteiger partial charge in [0.15, 0.2) is 0 Å². The summed E-state index contributed by atoms with van der Waals surface area (Å²) in [7, 11) is 1.68. The Kier molecular flexibility index (Phi) is 9.65. The number of carbonyl (C=O) groups is 1. The van der Waals surface area contributed by atoms with Crippen LogP contribution in [0.25, 0.3) is 5.57 Å². The van der Waals surface area contributed by atoms with E-state index in [9.17, 15) is 9.90 Å². The molecular formula is C35H43N7O2. The van der Waals surface area contributed by atoms with E-state index in [-0.39, 0.29) is 29.1 Å². The molecule has 230 valence electrons. The minimum absolute atomic E-state index is 0.0252. The van der Waals surface area contributed by atoms with E-state index in [1.54, 1.807) is 37.4 Å². The molecule has 0 bridgehead atoms. The van der Waals surface area contributed by atoms with E-state index in [1.165, 1.54) is 5.69 Å². The van der Waals surface area contributed by atoms with E-state index in [2.05, 4.69) is 56.4 Å². The third-order valence-corrected chi connectivity index (χ3v) is 9.01. The number of rotatable bonds is 9. The number of amidine groups is 1. The number of phenolic OH excluding ortho intramolecular Hbond substituents is 1. The summed E-state index contributed by atoms with van der Waals surface area (Å²) in [5.74, 6) is -0.210. The first-order valence-corrected chi connectivity index (χ1v) is 15.3. The summed E-state index contributed by atoms with van der Waals surface area (Å²) in [6, 6.07) is 23.7. The van der Waals surface area contributed by atoms with Crippen LogP contribution in [0.2, 0.25) is 0 Å². The van der Waals surface area contributed by atoms with Crippen molar-refractivity contribution >= 4 is 34.4 Å². The minimum Gasteiger partial charge on any atom is -0.507 e. The Bertz CT molecular complexity index is 1500. The summed E-state index contributed by atoms with van der Waals surface area (Å²) < 4.78 is 0. The fraction of sp³-hybridized carbons (Fsp3) is 0.343. The molecule has 9 nitrogen and oxygen atoms in total. The lowest BCUT2D eigenvalue weighted by Crippen LogP contribution is -2.53. The van der Waals surface area contributed by atoms with Crippen molar-refractivity contribution in [3.05, 3.63) is 95.6 Å². The highest BCUT2D eigenvalue weighted by Gasteiger charge is 2.28. The van der Waals surface area contributed by atoms with Crippen LogP contribution in [0.4, 0.5) is 11.4 Å². The zero-order chi connectivity index (χ0) is 31.2. The van der Waals surface area contributed by atoms with Crippen molar-refractivity contribution in [1.82, 2.24) is 10.2 Å². The minimum atomic E-state index is -0.152. The number of hydrogen-bond acceptors (Lipinski definition) is 7. The summed E-state index contributed by atoms with van der Waals surface area (Å²) in [6.07, 6.45) is 3.77. The lowest BCUT2D eigenvalue weighted by Gasteiger charge is -2.44. The van der Waals surface area contributed by atoms with Crippen LogP contribution in [0.15, 0.2) is 78.9 Å². The molecule has 0 aliphatic carbocycles. The molecule has 2 heterocycles. The van der Waals surface area contributed by atoms with Crippen molar-refractivity contribution in [2.24, 2.45) is 5.73 Å². The lowest BCUT2D eigenvalue weighted by molar-refractivity contribution is -0.121. The molecule has 44 heavy (non-hydrogen) atoms. The first kappa shape index (κ1) is 30.8. The molecule has 2 aliphatic rings. The number of amides is 1. The Morgan fingerprint density at radius 2 is 1.45 bits per heavy atom. The monoisotopic (exact) mass is 593 g/mol. The van der Waals surface area contributed by atoms with Gasteiger partial charge in [-0.25, -0.2) is 0 Å². The highest BCUT2D eigenvalue weighted by molar-refractivity contribution is 6.27. The van der Waals surface area contributed by atoms with Gasteiger partial charge >= 0.3 is 0 Å². The number of piperidine rings is 1.